The molecular formula is C36H50N6O4. The Morgan fingerprint density at radius 3 is 2.76 bits per heavy atom. The van der Waals surface area contributed by atoms with Gasteiger partial charge in [0.15, 0.2) is 0 Å². The van der Waals surface area contributed by atoms with Crippen molar-refractivity contribution in [3.63, 3.8) is 0 Å². The molecule has 3 N–H and O–H groups in total. The molecule has 248 valence electrons. The summed E-state index contributed by atoms with van der Waals surface area (Å²) in [5.74, 6) is -0.172. The zero-order chi connectivity index (χ0) is 32.6. The predicted octanol–water partition coefficient (Wildman–Crippen LogP) is 4.99. The quantitative estimate of drug-likeness (QED) is 0.388. The summed E-state index contributed by atoms with van der Waals surface area (Å²) in [6.45, 7) is 11.9. The summed E-state index contributed by atoms with van der Waals surface area (Å²) < 4.78 is 14.2. The zero-order valence-corrected chi connectivity index (χ0v) is 28.1. The van der Waals surface area contributed by atoms with Crippen LogP contribution in [0.4, 0.5) is 5.69 Å². The number of hydrogen-bond acceptors (Lipinski definition) is 8. The minimum Gasteiger partial charge on any atom is -0.464 e. The molecule has 1 amide bonds. The predicted molar refractivity (Wildman–Crippen MR) is 180 cm³/mol. The summed E-state index contributed by atoms with van der Waals surface area (Å²) in [5.41, 5.74) is 16.0. The molecule has 2 aromatic heterocycles. The fourth-order valence-electron chi connectivity index (χ4n) is 7.64. The van der Waals surface area contributed by atoms with E-state index in [4.69, 9.17) is 20.2 Å². The fraction of sp³-hybridized carbons (Fsp3) is 0.583. The first kappa shape index (κ1) is 32.5. The number of hydrogen-bond donors (Lipinski definition) is 2. The lowest BCUT2D eigenvalue weighted by Gasteiger charge is -2.37. The number of esters is 1. The van der Waals surface area contributed by atoms with E-state index in [9.17, 15) is 9.59 Å². The number of carbonyl (C=O) groups excluding carboxylic acids is 2. The highest BCUT2D eigenvalue weighted by Gasteiger charge is 2.35. The van der Waals surface area contributed by atoms with Gasteiger partial charge in [-0.1, -0.05) is 13.8 Å². The summed E-state index contributed by atoms with van der Waals surface area (Å²) in [5, 5.41) is 2.76. The van der Waals surface area contributed by atoms with Crippen molar-refractivity contribution in [2.75, 3.05) is 38.3 Å². The highest BCUT2D eigenvalue weighted by molar-refractivity contribution is 5.94. The molecule has 3 aliphatic rings. The van der Waals surface area contributed by atoms with Crippen LogP contribution in [0.25, 0.3) is 22.2 Å². The molecule has 0 saturated carbocycles. The van der Waals surface area contributed by atoms with Gasteiger partial charge >= 0.3 is 5.97 Å². The highest BCUT2D eigenvalue weighted by Crippen LogP contribution is 2.42. The topological polar surface area (TPSA) is 115 Å². The number of ether oxygens (including phenoxy) is 2. The minimum absolute atomic E-state index is 0.145. The van der Waals surface area contributed by atoms with Crippen LogP contribution in [-0.4, -0.2) is 71.9 Å². The monoisotopic (exact) mass is 630 g/mol. The Hall–Kier alpha value is -3.47. The number of fused-ring (bicyclic) bond motifs is 6. The lowest BCUT2D eigenvalue weighted by molar-refractivity contribution is -0.155. The highest BCUT2D eigenvalue weighted by atomic mass is 16.5. The third-order valence-electron chi connectivity index (χ3n) is 10.1. The second-order valence-electron chi connectivity index (χ2n) is 14.1. The molecule has 2 fully saturated rings. The van der Waals surface area contributed by atoms with Crippen molar-refractivity contribution in [1.82, 2.24) is 20.0 Å². The second-order valence-corrected chi connectivity index (χ2v) is 14.1. The van der Waals surface area contributed by atoms with E-state index < -0.39 is 12.1 Å². The van der Waals surface area contributed by atoms with Crippen molar-refractivity contribution < 1.29 is 19.1 Å². The fourth-order valence-corrected chi connectivity index (χ4v) is 7.64. The number of nitrogens with zero attached hydrogens (tertiary/aromatic N) is 4. The molecule has 1 aromatic carbocycles. The van der Waals surface area contributed by atoms with Gasteiger partial charge in [-0.05, 0) is 94.2 Å². The van der Waals surface area contributed by atoms with E-state index in [1.165, 1.54) is 22.2 Å². The normalized spacial score (nSPS) is 24.9. The van der Waals surface area contributed by atoms with Gasteiger partial charge in [-0.25, -0.2) is 5.43 Å². The van der Waals surface area contributed by atoms with Gasteiger partial charge < -0.3 is 24.7 Å². The summed E-state index contributed by atoms with van der Waals surface area (Å²) in [7, 11) is 1.72. The molecule has 4 atom stereocenters. The average molecular weight is 631 g/mol. The number of hydrazine groups is 1. The van der Waals surface area contributed by atoms with Gasteiger partial charge in [-0.15, -0.1) is 0 Å². The molecule has 6 bridgehead atoms. The third kappa shape index (κ3) is 6.39. The van der Waals surface area contributed by atoms with Crippen LogP contribution in [0.2, 0.25) is 0 Å². The number of cyclic esters (lactones) is 1. The Balaban J connectivity index is 1.49. The molecule has 6 rings (SSSR count). The average Bonchev–Trinajstić information content (AvgIpc) is 3.37. The molecular weight excluding hydrogens is 580 g/mol. The summed E-state index contributed by atoms with van der Waals surface area (Å²) in [6.07, 6.45) is 6.39. The number of carbonyl (C=O) groups is 2. The second kappa shape index (κ2) is 13.3. The Morgan fingerprint density at radius 1 is 1.17 bits per heavy atom. The Morgan fingerprint density at radius 2 is 1.98 bits per heavy atom. The molecule has 10 heteroatoms. The van der Waals surface area contributed by atoms with Crippen molar-refractivity contribution >= 4 is 28.5 Å². The molecule has 3 aromatic rings. The number of aromatic nitrogens is 2. The number of rotatable bonds is 4. The van der Waals surface area contributed by atoms with Crippen LogP contribution in [0.5, 0.6) is 0 Å². The number of benzene rings is 1. The van der Waals surface area contributed by atoms with Gasteiger partial charge in [0.25, 0.3) is 5.91 Å². The van der Waals surface area contributed by atoms with Crippen molar-refractivity contribution in [2.45, 2.75) is 91.0 Å². The molecule has 46 heavy (non-hydrogen) atoms. The number of pyridine rings is 1. The van der Waals surface area contributed by atoms with Crippen molar-refractivity contribution in [3.8, 4) is 11.3 Å². The van der Waals surface area contributed by atoms with Crippen LogP contribution in [0.3, 0.4) is 0 Å². The summed E-state index contributed by atoms with van der Waals surface area (Å²) >= 11 is 0. The minimum atomic E-state index is -0.622. The number of anilines is 1. The van der Waals surface area contributed by atoms with Crippen LogP contribution < -0.4 is 16.1 Å². The lowest BCUT2D eigenvalue weighted by atomic mass is 9.84. The molecule has 3 aliphatic heterocycles. The number of methoxy groups -OCH3 is 1. The van der Waals surface area contributed by atoms with Crippen molar-refractivity contribution in [1.29, 1.82) is 0 Å². The van der Waals surface area contributed by atoms with E-state index in [-0.39, 0.29) is 30.0 Å². The number of amides is 1. The maximum atomic E-state index is 13.4. The third-order valence-corrected chi connectivity index (χ3v) is 10.1. The van der Waals surface area contributed by atoms with Gasteiger partial charge in [-0.2, -0.15) is 0 Å². The largest absolute Gasteiger partial charge is 0.464 e. The van der Waals surface area contributed by atoms with E-state index in [1.54, 1.807) is 12.1 Å². The molecule has 2 saturated heterocycles. The molecule has 0 unspecified atom stereocenters. The van der Waals surface area contributed by atoms with Gasteiger partial charge in [-0.3, -0.25) is 19.6 Å². The summed E-state index contributed by atoms with van der Waals surface area (Å²) in [6, 6.07) is 9.78. The standard InChI is InChI=1S/C36H50N6O4/c1-6-41-31-14-13-25-19-27(31)28(33(41)26-11-7-15-38-32(26)23(2)45-5)20-36(3,4)22-46-35(44)30-12-9-17-42(39-30)34(43)29(37)18-24-10-8-16-40(25)21-24/h7,11,13-15,19,23-24,29-30,39H,6,8-10,12,16-18,20-22,37H2,1-5H3/t23-,24-,29-,30-/m0/s1. The van der Waals surface area contributed by atoms with E-state index in [0.717, 1.165) is 55.8 Å². The van der Waals surface area contributed by atoms with Crippen LogP contribution in [-0.2, 0) is 32.0 Å². The number of piperidine rings is 1. The van der Waals surface area contributed by atoms with E-state index >= 15 is 0 Å². The van der Waals surface area contributed by atoms with Gasteiger partial charge in [0.05, 0.1) is 30.1 Å². The summed E-state index contributed by atoms with van der Waals surface area (Å²) in [4.78, 5) is 34.0. The molecule has 10 nitrogen and oxygen atoms in total. The molecule has 0 aliphatic carbocycles. The smallest absolute Gasteiger partial charge is 0.324 e. The first-order valence-electron chi connectivity index (χ1n) is 17.0. The van der Waals surface area contributed by atoms with E-state index in [1.807, 2.05) is 19.2 Å². The van der Waals surface area contributed by atoms with Gasteiger partial charge in [0.1, 0.15) is 6.04 Å². The van der Waals surface area contributed by atoms with Gasteiger partial charge in [0, 0.05) is 67.1 Å². The van der Waals surface area contributed by atoms with Crippen LogP contribution in [0.15, 0.2) is 36.5 Å². The van der Waals surface area contributed by atoms with Crippen LogP contribution in [0, 0.1) is 11.3 Å². The molecule has 0 spiro atoms. The Labute approximate surface area is 272 Å². The number of nitrogens with two attached hydrogens (primary N) is 1. The first-order chi connectivity index (χ1) is 22.1. The van der Waals surface area contributed by atoms with Gasteiger partial charge in [0.2, 0.25) is 0 Å². The zero-order valence-electron chi connectivity index (χ0n) is 28.1. The van der Waals surface area contributed by atoms with E-state index in [2.05, 4.69) is 59.9 Å². The SMILES string of the molecule is CCn1c(-c2cccnc2[C@H](C)OC)c2c3cc(ccc31)N1CCC[C@@H](C[C@H](N)C(=O)N3CCC[C@H](N3)C(=O)OCC(C)(C)C2)C1. The van der Waals surface area contributed by atoms with Crippen molar-refractivity contribution in [3.05, 3.63) is 47.8 Å². The van der Waals surface area contributed by atoms with Crippen molar-refractivity contribution in [2.24, 2.45) is 17.1 Å². The lowest BCUT2D eigenvalue weighted by Crippen LogP contribution is -2.59. The molecule has 0 radical (unpaired) electrons. The Bertz CT molecular complexity index is 1580. The van der Waals surface area contributed by atoms with E-state index in [0.29, 0.717) is 31.7 Å². The van der Waals surface area contributed by atoms with Crippen LogP contribution in [0.1, 0.15) is 77.2 Å². The molecule has 5 heterocycles. The number of nitrogens with one attached hydrogen (secondary N) is 1. The Kier molecular flexibility index (Phi) is 9.41. The maximum Gasteiger partial charge on any atom is 0.324 e. The van der Waals surface area contributed by atoms with Crippen LogP contribution >= 0.6 is 0 Å². The number of aryl methyl sites for hydroxylation is 1. The maximum absolute atomic E-state index is 13.4. The first-order valence-corrected chi connectivity index (χ1v) is 17.0.